The topological polar surface area (TPSA) is 46.5 Å². The van der Waals surface area contributed by atoms with Crippen molar-refractivity contribution < 1.29 is 13.5 Å². The smallest absolute Gasteiger partial charge is 0.190 e. The van der Waals surface area contributed by atoms with Crippen molar-refractivity contribution in [1.29, 1.82) is 0 Å². The highest BCUT2D eigenvalue weighted by molar-refractivity contribution is 9.09. The molecule has 1 atom stereocenters. The maximum atomic E-state index is 11.4. The summed E-state index contributed by atoms with van der Waals surface area (Å²) in [5.74, 6) is 0.707. The molecule has 0 heterocycles. The lowest BCUT2D eigenvalue weighted by Gasteiger charge is -2.14. The molecule has 1 rings (SSSR count). The van der Waals surface area contributed by atoms with Crippen LogP contribution in [-0.4, -0.2) is 20.7 Å². The summed E-state index contributed by atoms with van der Waals surface area (Å²) in [5, 5.41) is 0.856. The van der Waals surface area contributed by atoms with Gasteiger partial charge in [-0.25, -0.2) is 4.21 Å². The second-order valence-electron chi connectivity index (χ2n) is 3.97. The van der Waals surface area contributed by atoms with Gasteiger partial charge in [-0.3, -0.25) is 0 Å². The fourth-order valence-electron chi connectivity index (χ4n) is 1.52. The van der Waals surface area contributed by atoms with Crippen molar-refractivity contribution in [2.75, 3.05) is 11.9 Å². The van der Waals surface area contributed by atoms with Crippen molar-refractivity contribution in [1.82, 2.24) is 0 Å². The largest absolute Gasteiger partial charge is 0.492 e. The number of rotatable bonds is 6. The molecule has 17 heavy (non-hydrogen) atoms. The number of alkyl halides is 1. The molecule has 1 unspecified atom stereocenters. The van der Waals surface area contributed by atoms with Crippen LogP contribution in [0.25, 0.3) is 0 Å². The lowest BCUT2D eigenvalue weighted by Crippen LogP contribution is -2.05. The minimum atomic E-state index is -2.01. The van der Waals surface area contributed by atoms with Crippen LogP contribution >= 0.6 is 15.9 Å². The van der Waals surface area contributed by atoms with Crippen molar-refractivity contribution in [3.8, 4) is 5.75 Å². The number of hydrogen-bond acceptors (Lipinski definition) is 2. The molecule has 0 aliphatic heterocycles. The number of ether oxygens (including phenoxy) is 1. The number of halogens is 1. The third-order valence-corrected chi connectivity index (χ3v) is 3.69. The summed E-state index contributed by atoms with van der Waals surface area (Å²) in [5.41, 5.74) is 0.863. The van der Waals surface area contributed by atoms with E-state index in [0.717, 1.165) is 17.3 Å². The van der Waals surface area contributed by atoms with E-state index >= 15 is 0 Å². The fourth-order valence-corrected chi connectivity index (χ4v) is 2.56. The molecule has 1 aromatic carbocycles. The van der Waals surface area contributed by atoms with E-state index < -0.39 is 11.1 Å². The molecule has 0 aliphatic rings. The van der Waals surface area contributed by atoms with Crippen LogP contribution in [0.4, 0.5) is 0 Å². The molecule has 1 N–H and O–H groups in total. The Labute approximate surface area is 113 Å². The van der Waals surface area contributed by atoms with Gasteiger partial charge in [0.1, 0.15) is 10.6 Å². The van der Waals surface area contributed by atoms with E-state index in [2.05, 4.69) is 15.9 Å². The highest BCUT2D eigenvalue weighted by Crippen LogP contribution is 2.30. The molecular formula is C12H17BrO3S. The molecule has 0 spiro atoms. The number of benzene rings is 1. The average Bonchev–Trinajstić information content (AvgIpc) is 2.28. The van der Waals surface area contributed by atoms with Gasteiger partial charge in [-0.05, 0) is 24.0 Å². The van der Waals surface area contributed by atoms with Gasteiger partial charge < -0.3 is 9.29 Å². The van der Waals surface area contributed by atoms with E-state index in [1.807, 2.05) is 26.0 Å². The molecule has 0 fully saturated rings. The van der Waals surface area contributed by atoms with Gasteiger partial charge in [0.25, 0.3) is 0 Å². The first-order valence-corrected chi connectivity index (χ1v) is 7.73. The van der Waals surface area contributed by atoms with Crippen molar-refractivity contribution >= 4 is 27.0 Å². The minimum absolute atomic E-state index is 0.195. The van der Waals surface area contributed by atoms with Gasteiger partial charge in [0.15, 0.2) is 11.1 Å². The summed E-state index contributed by atoms with van der Waals surface area (Å²) in [6, 6.07) is 5.46. The van der Waals surface area contributed by atoms with Crippen molar-refractivity contribution in [2.45, 2.75) is 31.1 Å². The molecule has 0 bridgehead atoms. The standard InChI is InChI=1S/C12H17BrO3S/c1-9(2)10-5-3-6-11(12(10)17(14)15)16-8-4-7-13/h3,5-6,9H,4,7-8H2,1-2H3,(H,14,15). The quantitative estimate of drug-likeness (QED) is 0.495. The van der Waals surface area contributed by atoms with E-state index in [1.165, 1.54) is 0 Å². The van der Waals surface area contributed by atoms with E-state index in [0.29, 0.717) is 17.3 Å². The first kappa shape index (κ1) is 14.7. The lowest BCUT2D eigenvalue weighted by atomic mass is 10.0. The van der Waals surface area contributed by atoms with Crippen LogP contribution < -0.4 is 4.74 Å². The Balaban J connectivity index is 3.03. The van der Waals surface area contributed by atoms with E-state index in [1.54, 1.807) is 6.07 Å². The van der Waals surface area contributed by atoms with Gasteiger partial charge in [0, 0.05) is 5.33 Å². The normalized spacial score (nSPS) is 12.8. The van der Waals surface area contributed by atoms with Gasteiger partial charge in [-0.2, -0.15) is 0 Å². The van der Waals surface area contributed by atoms with Crippen LogP contribution in [0.1, 0.15) is 31.7 Å². The summed E-state index contributed by atoms with van der Waals surface area (Å²) < 4.78 is 26.3. The molecule has 3 nitrogen and oxygen atoms in total. The van der Waals surface area contributed by atoms with E-state index in [-0.39, 0.29) is 5.92 Å². The van der Waals surface area contributed by atoms with Crippen molar-refractivity contribution in [2.24, 2.45) is 0 Å². The Morgan fingerprint density at radius 2 is 2.18 bits per heavy atom. The highest BCUT2D eigenvalue weighted by atomic mass is 79.9. The molecule has 0 aliphatic carbocycles. The SMILES string of the molecule is CC(C)c1cccc(OCCCBr)c1S(=O)O. The van der Waals surface area contributed by atoms with Crippen molar-refractivity contribution in [3.63, 3.8) is 0 Å². The summed E-state index contributed by atoms with van der Waals surface area (Å²) in [6.45, 7) is 4.53. The third-order valence-electron chi connectivity index (χ3n) is 2.34. The van der Waals surface area contributed by atoms with Crippen LogP contribution in [-0.2, 0) is 11.1 Å². The zero-order valence-electron chi connectivity index (χ0n) is 9.98. The zero-order valence-corrected chi connectivity index (χ0v) is 12.4. The van der Waals surface area contributed by atoms with E-state index in [9.17, 15) is 8.76 Å². The van der Waals surface area contributed by atoms with Gasteiger partial charge in [-0.1, -0.05) is 41.9 Å². The summed E-state index contributed by atoms with van der Waals surface area (Å²) in [4.78, 5) is 0.400. The average molecular weight is 321 g/mol. The molecule has 0 saturated heterocycles. The Morgan fingerprint density at radius 1 is 1.47 bits per heavy atom. The maximum absolute atomic E-state index is 11.4. The van der Waals surface area contributed by atoms with Crippen LogP contribution in [0.5, 0.6) is 5.75 Å². The number of hydrogen-bond donors (Lipinski definition) is 1. The van der Waals surface area contributed by atoms with Crippen LogP contribution in [0.15, 0.2) is 23.1 Å². The Bertz CT molecular complexity index is 393. The Hall–Kier alpha value is -0.390. The second-order valence-corrected chi connectivity index (χ2v) is 5.67. The molecule has 96 valence electrons. The third kappa shape index (κ3) is 4.08. The van der Waals surface area contributed by atoms with E-state index in [4.69, 9.17) is 4.74 Å². The molecule has 1 aromatic rings. The highest BCUT2D eigenvalue weighted by Gasteiger charge is 2.16. The monoisotopic (exact) mass is 320 g/mol. The second kappa shape index (κ2) is 7.13. The van der Waals surface area contributed by atoms with Gasteiger partial charge in [0.05, 0.1) is 6.61 Å². The molecule has 0 saturated carbocycles. The summed E-state index contributed by atoms with van der Waals surface area (Å²) in [7, 11) is 0. The predicted octanol–water partition coefficient (Wildman–Crippen LogP) is 3.55. The lowest BCUT2D eigenvalue weighted by molar-refractivity contribution is 0.309. The van der Waals surface area contributed by atoms with Crippen molar-refractivity contribution in [3.05, 3.63) is 23.8 Å². The van der Waals surface area contributed by atoms with Gasteiger partial charge >= 0.3 is 0 Å². The van der Waals surface area contributed by atoms with Crippen LogP contribution in [0.3, 0.4) is 0 Å². The summed E-state index contributed by atoms with van der Waals surface area (Å²) >= 11 is 1.30. The summed E-state index contributed by atoms with van der Waals surface area (Å²) in [6.07, 6.45) is 0.864. The molecule has 0 amide bonds. The molecule has 0 radical (unpaired) electrons. The molecule has 5 heteroatoms. The fraction of sp³-hybridized carbons (Fsp3) is 0.500. The van der Waals surface area contributed by atoms with Crippen LogP contribution in [0, 0.1) is 0 Å². The molecule has 0 aromatic heterocycles. The first-order chi connectivity index (χ1) is 8.07. The maximum Gasteiger partial charge on any atom is 0.190 e. The Morgan fingerprint density at radius 3 is 2.71 bits per heavy atom. The van der Waals surface area contributed by atoms with Gasteiger partial charge in [0.2, 0.25) is 0 Å². The van der Waals surface area contributed by atoms with Gasteiger partial charge in [-0.15, -0.1) is 0 Å². The van der Waals surface area contributed by atoms with Crippen LogP contribution in [0.2, 0.25) is 0 Å². The predicted molar refractivity (Wildman–Crippen MR) is 73.5 cm³/mol. The molecular weight excluding hydrogens is 304 g/mol. The zero-order chi connectivity index (χ0) is 12.8. The minimum Gasteiger partial charge on any atom is -0.492 e. The Kier molecular flexibility index (Phi) is 6.16. The first-order valence-electron chi connectivity index (χ1n) is 5.50.